The number of carbonyl (C=O) groups is 1. The van der Waals surface area contributed by atoms with Crippen LogP contribution >= 0.6 is 0 Å². The third-order valence-corrected chi connectivity index (χ3v) is 4.66. The Morgan fingerprint density at radius 2 is 1.72 bits per heavy atom. The van der Waals surface area contributed by atoms with Crippen LogP contribution in [0.1, 0.15) is 27.0 Å². The first-order chi connectivity index (χ1) is 13.6. The number of nitrogens with zero attached hydrogens (tertiary/aromatic N) is 1. The van der Waals surface area contributed by atoms with Crippen LogP contribution < -0.4 is 5.32 Å². The van der Waals surface area contributed by atoms with E-state index in [0.29, 0.717) is 25.2 Å². The van der Waals surface area contributed by atoms with Crippen LogP contribution in [-0.4, -0.2) is 30.1 Å². The molecule has 10 heteroatoms. The molecule has 0 aliphatic carbocycles. The molecular weight excluding hydrogens is 402 g/mol. The summed E-state index contributed by atoms with van der Waals surface area (Å²) in [7, 11) is 0. The van der Waals surface area contributed by atoms with Gasteiger partial charge in [0.15, 0.2) is 0 Å². The first-order valence-corrected chi connectivity index (χ1v) is 8.61. The van der Waals surface area contributed by atoms with Crippen molar-refractivity contribution >= 4 is 5.91 Å². The fourth-order valence-corrected chi connectivity index (χ4v) is 3.18. The molecule has 156 valence electrons. The van der Waals surface area contributed by atoms with Crippen molar-refractivity contribution < 1.29 is 35.9 Å². The molecule has 0 radical (unpaired) electrons. The molecule has 0 saturated carbocycles. The molecule has 29 heavy (non-hydrogen) atoms. The van der Waals surface area contributed by atoms with Crippen LogP contribution in [-0.2, 0) is 23.5 Å². The third-order valence-electron chi connectivity index (χ3n) is 4.66. The number of amides is 1. The number of aromatic nitrogens is 1. The fourth-order valence-electron chi connectivity index (χ4n) is 3.18. The molecule has 1 aliphatic rings. The van der Waals surface area contributed by atoms with Crippen LogP contribution in [0.15, 0.2) is 42.7 Å². The summed E-state index contributed by atoms with van der Waals surface area (Å²) in [4.78, 5) is 16.4. The average molecular weight is 418 g/mol. The van der Waals surface area contributed by atoms with Gasteiger partial charge in [-0.15, -0.1) is 0 Å². The number of hydrogen-bond donors (Lipinski definition) is 1. The highest BCUT2D eigenvalue weighted by atomic mass is 19.4. The van der Waals surface area contributed by atoms with Gasteiger partial charge in [0.25, 0.3) is 5.91 Å². The van der Waals surface area contributed by atoms with Crippen LogP contribution in [0.3, 0.4) is 0 Å². The molecule has 0 unspecified atom stereocenters. The third kappa shape index (κ3) is 5.06. The van der Waals surface area contributed by atoms with E-state index in [1.807, 2.05) is 0 Å². The molecule has 1 aliphatic heterocycles. The van der Waals surface area contributed by atoms with Crippen molar-refractivity contribution in [2.45, 2.75) is 24.8 Å². The molecule has 1 aromatic carbocycles. The lowest BCUT2D eigenvalue weighted by Gasteiger charge is -2.21. The van der Waals surface area contributed by atoms with Crippen LogP contribution in [0.2, 0.25) is 0 Å². The van der Waals surface area contributed by atoms with E-state index in [9.17, 15) is 31.1 Å². The lowest BCUT2D eigenvalue weighted by atomic mass is 9.94. The van der Waals surface area contributed by atoms with Gasteiger partial charge in [-0.3, -0.25) is 9.78 Å². The summed E-state index contributed by atoms with van der Waals surface area (Å²) in [5.74, 6) is -1.29. The number of alkyl halides is 6. The van der Waals surface area contributed by atoms with Crippen molar-refractivity contribution in [3.63, 3.8) is 0 Å². The summed E-state index contributed by atoms with van der Waals surface area (Å²) in [6, 6.07) is 3.94. The van der Waals surface area contributed by atoms with Gasteiger partial charge in [0, 0.05) is 18.3 Å². The highest BCUT2D eigenvalue weighted by Gasteiger charge is 2.40. The number of pyridine rings is 1. The van der Waals surface area contributed by atoms with E-state index in [2.05, 4.69) is 10.3 Å². The standard InChI is InChI=1S/C19H16F6N2O2/c20-18(21,22)13-1-2-14(15(8-13)19(23,24)25)17(28)27-16-10-29-9-12(16)7-11-3-5-26-6-4-11/h1-6,8,12,16H,7,9-10H2,(H,27,28)/t12-,16-/m1/s1. The molecule has 3 rings (SSSR count). The SMILES string of the molecule is O=C(N[C@@H]1COC[C@H]1Cc1ccncc1)c1ccc(C(F)(F)F)cc1C(F)(F)F. The maximum Gasteiger partial charge on any atom is 0.417 e. The Bertz CT molecular complexity index is 867. The van der Waals surface area contributed by atoms with Gasteiger partial charge in [-0.25, -0.2) is 0 Å². The Morgan fingerprint density at radius 3 is 2.34 bits per heavy atom. The second-order valence-electron chi connectivity index (χ2n) is 6.69. The average Bonchev–Trinajstić information content (AvgIpc) is 3.07. The molecule has 1 N–H and O–H groups in total. The quantitative estimate of drug-likeness (QED) is 0.761. The van der Waals surface area contributed by atoms with Crippen LogP contribution in [0.5, 0.6) is 0 Å². The van der Waals surface area contributed by atoms with Crippen molar-refractivity contribution in [3.05, 3.63) is 65.0 Å². The molecule has 1 fully saturated rings. The number of hydrogen-bond acceptors (Lipinski definition) is 3. The zero-order valence-corrected chi connectivity index (χ0v) is 14.8. The summed E-state index contributed by atoms with van der Waals surface area (Å²) < 4.78 is 83.5. The molecule has 4 nitrogen and oxygen atoms in total. The molecule has 0 bridgehead atoms. The summed E-state index contributed by atoms with van der Waals surface area (Å²) in [6.45, 7) is 0.399. The monoisotopic (exact) mass is 418 g/mol. The highest BCUT2D eigenvalue weighted by molar-refractivity contribution is 5.96. The van der Waals surface area contributed by atoms with E-state index in [-0.39, 0.29) is 18.6 Å². The minimum absolute atomic E-state index is 0.0471. The Kier molecular flexibility index (Phi) is 5.83. The van der Waals surface area contributed by atoms with Crippen molar-refractivity contribution in [3.8, 4) is 0 Å². The van der Waals surface area contributed by atoms with Crippen LogP contribution in [0.25, 0.3) is 0 Å². The van der Waals surface area contributed by atoms with Crippen LogP contribution in [0.4, 0.5) is 26.3 Å². The lowest BCUT2D eigenvalue weighted by molar-refractivity contribution is -0.143. The van der Waals surface area contributed by atoms with Gasteiger partial charge >= 0.3 is 12.4 Å². The van der Waals surface area contributed by atoms with E-state index in [1.54, 1.807) is 24.5 Å². The molecule has 2 atom stereocenters. The molecule has 1 saturated heterocycles. The van der Waals surface area contributed by atoms with E-state index < -0.39 is 41.0 Å². The Morgan fingerprint density at radius 1 is 1.03 bits per heavy atom. The van der Waals surface area contributed by atoms with Gasteiger partial charge in [0.2, 0.25) is 0 Å². The minimum Gasteiger partial charge on any atom is -0.379 e. The number of carbonyl (C=O) groups excluding carboxylic acids is 1. The van der Waals surface area contributed by atoms with Gasteiger partial charge in [-0.1, -0.05) is 0 Å². The van der Waals surface area contributed by atoms with Crippen LogP contribution in [0, 0.1) is 5.92 Å². The molecule has 2 aromatic rings. The van der Waals surface area contributed by atoms with Gasteiger partial charge in [0.1, 0.15) is 0 Å². The zero-order chi connectivity index (χ0) is 21.2. The predicted octanol–water partition coefficient (Wildman–Crippen LogP) is 4.11. The maximum atomic E-state index is 13.3. The molecular formula is C19H16F6N2O2. The van der Waals surface area contributed by atoms with Crippen molar-refractivity contribution in [1.82, 2.24) is 10.3 Å². The molecule has 1 amide bonds. The van der Waals surface area contributed by atoms with Gasteiger partial charge < -0.3 is 10.1 Å². The smallest absolute Gasteiger partial charge is 0.379 e. The maximum absolute atomic E-state index is 13.3. The fraction of sp³-hybridized carbons (Fsp3) is 0.368. The highest BCUT2D eigenvalue weighted by Crippen LogP contribution is 2.37. The van der Waals surface area contributed by atoms with Gasteiger partial charge in [0.05, 0.1) is 35.9 Å². The Balaban J connectivity index is 1.81. The summed E-state index contributed by atoms with van der Waals surface area (Å²) >= 11 is 0. The first kappa shape index (κ1) is 21.1. The lowest BCUT2D eigenvalue weighted by Crippen LogP contribution is -2.41. The number of benzene rings is 1. The summed E-state index contributed by atoms with van der Waals surface area (Å²) in [6.07, 6.45) is -6.37. The Hall–Kier alpha value is -2.62. The number of ether oxygens (including phenoxy) is 1. The predicted molar refractivity (Wildman–Crippen MR) is 90.0 cm³/mol. The zero-order valence-electron chi connectivity index (χ0n) is 14.8. The van der Waals surface area contributed by atoms with Crippen molar-refractivity contribution in [2.24, 2.45) is 5.92 Å². The molecule has 1 aromatic heterocycles. The number of halogens is 6. The van der Waals surface area contributed by atoms with E-state index in [1.165, 1.54) is 0 Å². The summed E-state index contributed by atoms with van der Waals surface area (Å²) in [5, 5.41) is 2.48. The largest absolute Gasteiger partial charge is 0.417 e. The van der Waals surface area contributed by atoms with Gasteiger partial charge in [-0.2, -0.15) is 26.3 Å². The van der Waals surface area contributed by atoms with E-state index in [0.717, 1.165) is 5.56 Å². The molecule has 2 heterocycles. The van der Waals surface area contributed by atoms with E-state index >= 15 is 0 Å². The first-order valence-electron chi connectivity index (χ1n) is 8.61. The van der Waals surface area contributed by atoms with Crippen molar-refractivity contribution in [2.75, 3.05) is 13.2 Å². The van der Waals surface area contributed by atoms with Gasteiger partial charge in [-0.05, 0) is 42.3 Å². The second-order valence-corrected chi connectivity index (χ2v) is 6.69. The van der Waals surface area contributed by atoms with Crippen molar-refractivity contribution in [1.29, 1.82) is 0 Å². The Labute approximate surface area is 161 Å². The number of rotatable bonds is 4. The normalized spacial score (nSPS) is 19.9. The number of nitrogens with one attached hydrogen (secondary N) is 1. The molecule has 0 spiro atoms. The van der Waals surface area contributed by atoms with E-state index in [4.69, 9.17) is 4.74 Å². The topological polar surface area (TPSA) is 51.2 Å². The minimum atomic E-state index is -5.11. The summed E-state index contributed by atoms with van der Waals surface area (Å²) in [5.41, 5.74) is -3.05. The second kappa shape index (κ2) is 8.02.